The van der Waals surface area contributed by atoms with Crippen LogP contribution in [0.2, 0.25) is 0 Å². The first-order valence-corrected chi connectivity index (χ1v) is 8.17. The van der Waals surface area contributed by atoms with Crippen LogP contribution in [0.1, 0.15) is 58.6 Å². The van der Waals surface area contributed by atoms with E-state index in [4.69, 9.17) is 4.42 Å². The van der Waals surface area contributed by atoms with Gasteiger partial charge in [-0.3, -0.25) is 9.59 Å². The van der Waals surface area contributed by atoms with Gasteiger partial charge in [-0.2, -0.15) is 0 Å². The van der Waals surface area contributed by atoms with E-state index >= 15 is 0 Å². The van der Waals surface area contributed by atoms with Gasteiger partial charge in [0.15, 0.2) is 5.89 Å². The first-order chi connectivity index (χ1) is 10.7. The standard InChI is InChI=1S/C17H26N2O4/c1-11-12(16(21)22)6-5-9-19(11)15(20)8-7-14-18-10-13(23-14)17(2,3)4/h10-12H,5-9H2,1-4H3,(H,21,22)/t11-,12-/m1/s1. The summed E-state index contributed by atoms with van der Waals surface area (Å²) in [6, 6.07) is -0.261. The smallest absolute Gasteiger partial charge is 0.308 e. The number of oxazole rings is 1. The predicted molar refractivity (Wildman–Crippen MR) is 85.1 cm³/mol. The zero-order valence-corrected chi connectivity index (χ0v) is 14.3. The van der Waals surface area contributed by atoms with E-state index in [0.717, 1.165) is 12.2 Å². The number of hydrogen-bond donors (Lipinski definition) is 1. The number of aromatic nitrogens is 1. The van der Waals surface area contributed by atoms with Gasteiger partial charge in [-0.1, -0.05) is 20.8 Å². The lowest BCUT2D eigenvalue weighted by Crippen LogP contribution is -2.49. The molecule has 2 rings (SSSR count). The fourth-order valence-corrected chi connectivity index (χ4v) is 2.96. The average Bonchev–Trinajstić information content (AvgIpc) is 2.93. The Morgan fingerprint density at radius 1 is 1.43 bits per heavy atom. The van der Waals surface area contributed by atoms with Crippen molar-refractivity contribution in [3.63, 3.8) is 0 Å². The number of aliphatic carboxylic acids is 1. The van der Waals surface area contributed by atoms with E-state index in [-0.39, 0.29) is 17.4 Å². The maximum atomic E-state index is 12.4. The van der Waals surface area contributed by atoms with Gasteiger partial charge in [-0.05, 0) is 19.8 Å². The Bertz CT molecular complexity index is 573. The van der Waals surface area contributed by atoms with Gasteiger partial charge in [0.25, 0.3) is 0 Å². The first-order valence-electron chi connectivity index (χ1n) is 8.17. The average molecular weight is 322 g/mol. The molecule has 2 heterocycles. The van der Waals surface area contributed by atoms with Crippen molar-refractivity contribution in [2.75, 3.05) is 6.54 Å². The molecule has 1 aromatic rings. The molecule has 6 heteroatoms. The van der Waals surface area contributed by atoms with E-state index in [1.165, 1.54) is 0 Å². The highest BCUT2D eigenvalue weighted by Crippen LogP contribution is 2.25. The maximum absolute atomic E-state index is 12.4. The van der Waals surface area contributed by atoms with E-state index in [2.05, 4.69) is 4.98 Å². The molecule has 0 aliphatic carbocycles. The van der Waals surface area contributed by atoms with Crippen LogP contribution in [0.15, 0.2) is 10.6 Å². The van der Waals surface area contributed by atoms with Crippen LogP contribution in [0.5, 0.6) is 0 Å². The largest absolute Gasteiger partial charge is 0.481 e. The molecule has 1 aromatic heterocycles. The third-order valence-corrected chi connectivity index (χ3v) is 4.47. The van der Waals surface area contributed by atoms with Crippen LogP contribution >= 0.6 is 0 Å². The predicted octanol–water partition coefficient (Wildman–Crippen LogP) is 2.62. The van der Waals surface area contributed by atoms with Gasteiger partial charge < -0.3 is 14.4 Å². The normalized spacial score (nSPS) is 22.2. The Hall–Kier alpha value is -1.85. The lowest BCUT2D eigenvalue weighted by Gasteiger charge is -2.37. The number of hydrogen-bond acceptors (Lipinski definition) is 4. The molecule has 1 aliphatic rings. The summed E-state index contributed by atoms with van der Waals surface area (Å²) in [5, 5.41) is 9.23. The topological polar surface area (TPSA) is 83.6 Å². The summed E-state index contributed by atoms with van der Waals surface area (Å²) in [7, 11) is 0. The molecule has 0 spiro atoms. The summed E-state index contributed by atoms with van der Waals surface area (Å²) in [6.07, 6.45) is 3.82. The van der Waals surface area contributed by atoms with Gasteiger partial charge in [-0.15, -0.1) is 0 Å². The lowest BCUT2D eigenvalue weighted by molar-refractivity contribution is -0.149. The minimum atomic E-state index is -0.822. The van der Waals surface area contributed by atoms with E-state index in [1.54, 1.807) is 11.1 Å². The lowest BCUT2D eigenvalue weighted by atomic mass is 9.90. The Kier molecular flexibility index (Phi) is 5.12. The minimum Gasteiger partial charge on any atom is -0.481 e. The summed E-state index contributed by atoms with van der Waals surface area (Å²) in [4.78, 5) is 29.6. The highest BCUT2D eigenvalue weighted by molar-refractivity contribution is 5.78. The van der Waals surface area contributed by atoms with Crippen molar-refractivity contribution >= 4 is 11.9 Å². The van der Waals surface area contributed by atoms with E-state index in [1.807, 2.05) is 27.7 Å². The second kappa shape index (κ2) is 6.72. The quantitative estimate of drug-likeness (QED) is 0.921. The summed E-state index contributed by atoms with van der Waals surface area (Å²) < 4.78 is 5.70. The molecule has 23 heavy (non-hydrogen) atoms. The summed E-state index contributed by atoms with van der Waals surface area (Å²) in [5.41, 5.74) is -0.106. The molecule has 1 aliphatic heterocycles. The maximum Gasteiger partial charge on any atom is 0.308 e. The van der Waals surface area contributed by atoms with Crippen molar-refractivity contribution in [2.24, 2.45) is 5.92 Å². The SMILES string of the molecule is C[C@@H]1[C@H](C(=O)O)CCCN1C(=O)CCc1ncc(C(C)(C)C)o1. The summed E-state index contributed by atoms with van der Waals surface area (Å²) >= 11 is 0. The van der Waals surface area contributed by atoms with Crippen LogP contribution in [-0.2, 0) is 21.4 Å². The van der Waals surface area contributed by atoms with Gasteiger partial charge in [0.1, 0.15) is 5.76 Å². The monoisotopic (exact) mass is 322 g/mol. The van der Waals surface area contributed by atoms with Crippen LogP contribution in [0, 0.1) is 5.92 Å². The van der Waals surface area contributed by atoms with Gasteiger partial charge in [0.05, 0.1) is 12.1 Å². The molecule has 6 nitrogen and oxygen atoms in total. The van der Waals surface area contributed by atoms with Crippen LogP contribution in [0.4, 0.5) is 0 Å². The van der Waals surface area contributed by atoms with E-state index in [9.17, 15) is 14.7 Å². The van der Waals surface area contributed by atoms with Crippen molar-refractivity contribution in [1.82, 2.24) is 9.88 Å². The summed E-state index contributed by atoms with van der Waals surface area (Å²) in [5.74, 6) is 0.0402. The van der Waals surface area contributed by atoms with Crippen LogP contribution in [0.25, 0.3) is 0 Å². The third-order valence-electron chi connectivity index (χ3n) is 4.47. The molecule has 0 bridgehead atoms. The second-order valence-corrected chi connectivity index (χ2v) is 7.28. The van der Waals surface area contributed by atoms with Crippen molar-refractivity contribution in [3.05, 3.63) is 17.8 Å². The molecule has 1 N–H and O–H groups in total. The molecule has 0 saturated carbocycles. The van der Waals surface area contributed by atoms with Crippen molar-refractivity contribution < 1.29 is 19.1 Å². The van der Waals surface area contributed by atoms with Crippen LogP contribution in [0.3, 0.4) is 0 Å². The van der Waals surface area contributed by atoms with E-state index < -0.39 is 11.9 Å². The number of nitrogens with zero attached hydrogens (tertiary/aromatic N) is 2. The highest BCUT2D eigenvalue weighted by atomic mass is 16.4. The molecule has 0 aromatic carbocycles. The Balaban J connectivity index is 1.94. The number of carboxylic acids is 1. The second-order valence-electron chi connectivity index (χ2n) is 7.28. The number of carbonyl (C=O) groups excluding carboxylic acids is 1. The number of rotatable bonds is 4. The summed E-state index contributed by atoms with van der Waals surface area (Å²) in [6.45, 7) is 8.58. The Labute approximate surface area is 136 Å². The molecule has 0 unspecified atom stereocenters. The molecule has 128 valence electrons. The third kappa shape index (κ3) is 4.12. The fraction of sp³-hybridized carbons (Fsp3) is 0.706. The van der Waals surface area contributed by atoms with Gasteiger partial charge in [0.2, 0.25) is 5.91 Å². The van der Waals surface area contributed by atoms with Gasteiger partial charge >= 0.3 is 5.97 Å². The zero-order valence-electron chi connectivity index (χ0n) is 14.3. The van der Waals surface area contributed by atoms with Gasteiger partial charge in [-0.25, -0.2) is 4.98 Å². The molecule has 1 amide bonds. The minimum absolute atomic E-state index is 0.0287. The Morgan fingerprint density at radius 2 is 2.13 bits per heavy atom. The number of carbonyl (C=O) groups is 2. The number of aryl methyl sites for hydroxylation is 1. The number of amides is 1. The zero-order chi connectivity index (χ0) is 17.2. The van der Waals surface area contributed by atoms with Crippen LogP contribution in [-0.4, -0.2) is 39.5 Å². The molecule has 1 saturated heterocycles. The van der Waals surface area contributed by atoms with E-state index in [0.29, 0.717) is 31.7 Å². The van der Waals surface area contributed by atoms with Crippen LogP contribution < -0.4 is 0 Å². The van der Waals surface area contributed by atoms with Crippen molar-refractivity contribution in [2.45, 2.75) is 64.8 Å². The molecule has 1 fully saturated rings. The number of piperidine rings is 1. The molecular weight excluding hydrogens is 296 g/mol. The van der Waals surface area contributed by atoms with Crippen molar-refractivity contribution in [3.8, 4) is 0 Å². The molecule has 0 radical (unpaired) electrons. The molecule has 2 atom stereocenters. The van der Waals surface area contributed by atoms with Crippen molar-refractivity contribution in [1.29, 1.82) is 0 Å². The number of carboxylic acid groups (broad SMARTS) is 1. The number of likely N-dealkylation sites (tertiary alicyclic amines) is 1. The fourth-order valence-electron chi connectivity index (χ4n) is 2.96. The Morgan fingerprint density at radius 3 is 2.70 bits per heavy atom. The molecular formula is C17H26N2O4. The first kappa shape index (κ1) is 17.5. The van der Waals surface area contributed by atoms with Gasteiger partial charge in [0, 0.05) is 30.8 Å². The highest BCUT2D eigenvalue weighted by Gasteiger charge is 2.35.